The molecule has 1 aliphatic rings. The summed E-state index contributed by atoms with van der Waals surface area (Å²) in [6, 6.07) is 7.75. The minimum Gasteiger partial charge on any atom is -0.490 e. The summed E-state index contributed by atoms with van der Waals surface area (Å²) in [4.78, 5) is 15.2. The van der Waals surface area contributed by atoms with Crippen LogP contribution in [0.5, 0.6) is 11.5 Å². The standard InChI is InChI=1S/C21H28N2O3S/c1-3-25-19-8-7-16(13-20(19)26-4-2)21(24)22-14-18(17-9-12-27-15-17)23-10-5-6-11-23/h7-9,12-13,15,18H,3-6,10-11,14H2,1-2H3,(H,22,24). The van der Waals surface area contributed by atoms with Crippen LogP contribution in [0.3, 0.4) is 0 Å². The minimum absolute atomic E-state index is 0.0848. The van der Waals surface area contributed by atoms with Gasteiger partial charge in [0, 0.05) is 12.1 Å². The third-order valence-corrected chi connectivity index (χ3v) is 5.47. The molecule has 1 aromatic carbocycles. The molecule has 0 saturated carbocycles. The number of hydrogen-bond acceptors (Lipinski definition) is 5. The second-order valence-electron chi connectivity index (χ2n) is 6.55. The smallest absolute Gasteiger partial charge is 0.251 e. The number of amides is 1. The predicted octanol–water partition coefficient (Wildman–Crippen LogP) is 4.11. The highest BCUT2D eigenvalue weighted by Gasteiger charge is 2.24. The van der Waals surface area contributed by atoms with Gasteiger partial charge in [-0.2, -0.15) is 11.3 Å². The van der Waals surface area contributed by atoms with Gasteiger partial charge in [-0.25, -0.2) is 0 Å². The Labute approximate surface area is 165 Å². The third kappa shape index (κ3) is 5.02. The molecule has 146 valence electrons. The SMILES string of the molecule is CCOc1ccc(C(=O)NCC(c2ccsc2)N2CCCC2)cc1OCC. The van der Waals surface area contributed by atoms with Gasteiger partial charge >= 0.3 is 0 Å². The molecule has 1 aromatic heterocycles. The van der Waals surface area contributed by atoms with Crippen LogP contribution in [0.2, 0.25) is 0 Å². The Balaban J connectivity index is 1.69. The van der Waals surface area contributed by atoms with E-state index in [1.807, 2.05) is 13.8 Å². The lowest BCUT2D eigenvalue weighted by Crippen LogP contribution is -2.36. The maximum Gasteiger partial charge on any atom is 0.251 e. The largest absolute Gasteiger partial charge is 0.490 e. The number of nitrogens with one attached hydrogen (secondary N) is 1. The molecular weight excluding hydrogens is 360 g/mol. The van der Waals surface area contributed by atoms with Gasteiger partial charge in [-0.15, -0.1) is 0 Å². The van der Waals surface area contributed by atoms with Crippen LogP contribution >= 0.6 is 11.3 Å². The van der Waals surface area contributed by atoms with E-state index in [2.05, 4.69) is 27.0 Å². The molecule has 1 N–H and O–H groups in total. The summed E-state index contributed by atoms with van der Waals surface area (Å²) in [6.45, 7) is 7.72. The van der Waals surface area contributed by atoms with E-state index in [0.717, 1.165) is 13.1 Å². The highest BCUT2D eigenvalue weighted by Crippen LogP contribution is 2.29. The van der Waals surface area contributed by atoms with Crippen LogP contribution in [-0.2, 0) is 0 Å². The molecule has 1 fully saturated rings. The molecule has 1 unspecified atom stereocenters. The van der Waals surface area contributed by atoms with Gasteiger partial charge in [0.25, 0.3) is 5.91 Å². The highest BCUT2D eigenvalue weighted by atomic mass is 32.1. The van der Waals surface area contributed by atoms with Crippen molar-refractivity contribution in [3.63, 3.8) is 0 Å². The minimum atomic E-state index is -0.0848. The van der Waals surface area contributed by atoms with Gasteiger partial charge in [-0.05, 0) is 80.4 Å². The lowest BCUT2D eigenvalue weighted by molar-refractivity contribution is 0.0937. The van der Waals surface area contributed by atoms with Gasteiger partial charge in [0.15, 0.2) is 11.5 Å². The summed E-state index contributed by atoms with van der Waals surface area (Å²) in [5.74, 6) is 1.20. The van der Waals surface area contributed by atoms with E-state index >= 15 is 0 Å². The number of rotatable bonds is 9. The highest BCUT2D eigenvalue weighted by molar-refractivity contribution is 7.07. The normalized spacial score (nSPS) is 15.5. The lowest BCUT2D eigenvalue weighted by atomic mass is 10.1. The average molecular weight is 389 g/mol. The van der Waals surface area contributed by atoms with Crippen molar-refractivity contribution in [2.75, 3.05) is 32.8 Å². The van der Waals surface area contributed by atoms with Gasteiger partial charge in [-0.1, -0.05) is 0 Å². The van der Waals surface area contributed by atoms with Gasteiger partial charge in [0.1, 0.15) is 0 Å². The van der Waals surface area contributed by atoms with Crippen LogP contribution in [0, 0.1) is 0 Å². The van der Waals surface area contributed by atoms with Crippen molar-refractivity contribution in [3.05, 3.63) is 46.2 Å². The number of hydrogen-bond donors (Lipinski definition) is 1. The fourth-order valence-electron chi connectivity index (χ4n) is 3.46. The van der Waals surface area contributed by atoms with Crippen molar-refractivity contribution in [2.24, 2.45) is 0 Å². The monoisotopic (exact) mass is 388 g/mol. The molecule has 3 rings (SSSR count). The first kappa shape index (κ1) is 19.7. The molecule has 6 heteroatoms. The fraction of sp³-hybridized carbons (Fsp3) is 0.476. The lowest BCUT2D eigenvalue weighted by Gasteiger charge is -2.27. The summed E-state index contributed by atoms with van der Waals surface area (Å²) in [6.07, 6.45) is 2.45. The zero-order valence-corrected chi connectivity index (χ0v) is 16.9. The Morgan fingerprint density at radius 2 is 1.89 bits per heavy atom. The number of likely N-dealkylation sites (tertiary alicyclic amines) is 1. The summed E-state index contributed by atoms with van der Waals surface area (Å²) < 4.78 is 11.2. The molecule has 2 heterocycles. The molecule has 1 aliphatic heterocycles. The van der Waals surface area contributed by atoms with Gasteiger partial charge in [-0.3, -0.25) is 9.69 Å². The van der Waals surface area contributed by atoms with Crippen LogP contribution in [0.15, 0.2) is 35.0 Å². The molecule has 1 saturated heterocycles. The van der Waals surface area contributed by atoms with Crippen molar-refractivity contribution in [3.8, 4) is 11.5 Å². The van der Waals surface area contributed by atoms with Crippen molar-refractivity contribution in [1.82, 2.24) is 10.2 Å². The second kappa shape index (κ2) is 9.76. The van der Waals surface area contributed by atoms with Crippen molar-refractivity contribution >= 4 is 17.2 Å². The van der Waals surface area contributed by atoms with Crippen molar-refractivity contribution in [2.45, 2.75) is 32.7 Å². The molecule has 0 radical (unpaired) electrons. The molecule has 1 atom stereocenters. The van der Waals surface area contributed by atoms with Crippen LogP contribution in [0.25, 0.3) is 0 Å². The van der Waals surface area contributed by atoms with E-state index < -0.39 is 0 Å². The molecule has 0 bridgehead atoms. The van der Waals surface area contributed by atoms with Crippen LogP contribution in [-0.4, -0.2) is 43.7 Å². The van der Waals surface area contributed by atoms with E-state index in [0.29, 0.717) is 36.8 Å². The number of nitrogens with zero attached hydrogens (tertiary/aromatic N) is 1. The third-order valence-electron chi connectivity index (χ3n) is 4.77. The number of benzene rings is 1. The average Bonchev–Trinajstić information content (AvgIpc) is 3.38. The van der Waals surface area contributed by atoms with E-state index in [1.165, 1.54) is 18.4 Å². The first-order chi connectivity index (χ1) is 13.2. The second-order valence-corrected chi connectivity index (χ2v) is 7.33. The summed E-state index contributed by atoms with van der Waals surface area (Å²) >= 11 is 1.70. The number of carbonyl (C=O) groups excluding carboxylic acids is 1. The Morgan fingerprint density at radius 1 is 1.15 bits per heavy atom. The molecule has 1 amide bonds. The first-order valence-corrected chi connectivity index (χ1v) is 10.6. The van der Waals surface area contributed by atoms with E-state index in [-0.39, 0.29) is 11.9 Å². The van der Waals surface area contributed by atoms with E-state index in [1.54, 1.807) is 29.5 Å². The van der Waals surface area contributed by atoms with E-state index in [9.17, 15) is 4.79 Å². The van der Waals surface area contributed by atoms with Crippen molar-refractivity contribution in [1.29, 1.82) is 0 Å². The molecular formula is C21H28N2O3S. The zero-order valence-electron chi connectivity index (χ0n) is 16.1. The topological polar surface area (TPSA) is 50.8 Å². The van der Waals surface area contributed by atoms with Crippen LogP contribution < -0.4 is 14.8 Å². The summed E-state index contributed by atoms with van der Waals surface area (Å²) in [5, 5.41) is 7.39. The number of carbonyl (C=O) groups is 1. The Morgan fingerprint density at radius 3 is 2.56 bits per heavy atom. The molecule has 27 heavy (non-hydrogen) atoms. The molecule has 0 spiro atoms. The molecule has 2 aromatic rings. The Bertz CT molecular complexity index is 727. The Hall–Kier alpha value is -2.05. The predicted molar refractivity (Wildman–Crippen MR) is 109 cm³/mol. The van der Waals surface area contributed by atoms with Crippen LogP contribution in [0.4, 0.5) is 0 Å². The molecule has 5 nitrogen and oxygen atoms in total. The van der Waals surface area contributed by atoms with Gasteiger partial charge in [0.2, 0.25) is 0 Å². The summed E-state index contributed by atoms with van der Waals surface area (Å²) in [7, 11) is 0. The number of ether oxygens (including phenoxy) is 2. The first-order valence-electron chi connectivity index (χ1n) is 9.67. The maximum atomic E-state index is 12.7. The molecule has 0 aliphatic carbocycles. The van der Waals surface area contributed by atoms with Gasteiger partial charge < -0.3 is 14.8 Å². The Kier molecular flexibility index (Phi) is 7.12. The maximum absolute atomic E-state index is 12.7. The quantitative estimate of drug-likeness (QED) is 0.702. The van der Waals surface area contributed by atoms with Crippen molar-refractivity contribution < 1.29 is 14.3 Å². The fourth-order valence-corrected chi connectivity index (χ4v) is 4.17. The van der Waals surface area contributed by atoms with Crippen LogP contribution in [0.1, 0.15) is 48.7 Å². The zero-order chi connectivity index (χ0) is 19.1. The number of thiophene rings is 1. The van der Waals surface area contributed by atoms with E-state index in [4.69, 9.17) is 9.47 Å². The summed E-state index contributed by atoms with van der Waals surface area (Å²) in [5.41, 5.74) is 1.87. The van der Waals surface area contributed by atoms with Gasteiger partial charge in [0.05, 0.1) is 19.3 Å².